The van der Waals surface area contributed by atoms with Crippen LogP contribution in [-0.4, -0.2) is 50.9 Å². The number of nitrogens with zero attached hydrogens (tertiary/aromatic N) is 2. The fraction of sp³-hybridized carbons (Fsp3) is 0.542. The third-order valence-electron chi connectivity index (χ3n) is 6.32. The number of ether oxygens (including phenoxy) is 2. The van der Waals surface area contributed by atoms with Gasteiger partial charge in [-0.25, -0.2) is 4.79 Å². The molecule has 0 radical (unpaired) electrons. The Hall–Kier alpha value is -2.47. The van der Waals surface area contributed by atoms with E-state index in [4.69, 9.17) is 14.5 Å². The summed E-state index contributed by atoms with van der Waals surface area (Å²) in [6.45, 7) is 2.82. The number of fused-ring (bicyclic) bond motifs is 1. The summed E-state index contributed by atoms with van der Waals surface area (Å²) in [5.41, 5.74) is 4.10. The minimum absolute atomic E-state index is 0.0355. The molecule has 1 saturated heterocycles. The van der Waals surface area contributed by atoms with Gasteiger partial charge in [0.15, 0.2) is 0 Å². The van der Waals surface area contributed by atoms with Crippen molar-refractivity contribution in [3.63, 3.8) is 0 Å². The first-order valence-electron chi connectivity index (χ1n) is 10.8. The van der Waals surface area contributed by atoms with Crippen molar-refractivity contribution in [1.29, 1.82) is 0 Å². The van der Waals surface area contributed by atoms with Crippen LogP contribution in [0.4, 0.5) is 5.69 Å². The third kappa shape index (κ3) is 4.06. The maximum atomic E-state index is 13.2. The summed E-state index contributed by atoms with van der Waals surface area (Å²) in [7, 11) is 3.98. The summed E-state index contributed by atoms with van der Waals surface area (Å²) >= 11 is 0. The van der Waals surface area contributed by atoms with Gasteiger partial charge in [-0.15, -0.1) is 0 Å². The van der Waals surface area contributed by atoms with Gasteiger partial charge in [-0.05, 0) is 50.3 Å². The monoisotopic (exact) mass is 410 g/mol. The predicted molar refractivity (Wildman–Crippen MR) is 116 cm³/mol. The first-order valence-corrected chi connectivity index (χ1v) is 10.8. The van der Waals surface area contributed by atoms with E-state index in [0.717, 1.165) is 49.3 Å². The Morgan fingerprint density at radius 1 is 1.17 bits per heavy atom. The fourth-order valence-corrected chi connectivity index (χ4v) is 4.75. The molecule has 0 spiro atoms. The average molecular weight is 411 g/mol. The van der Waals surface area contributed by atoms with Gasteiger partial charge in [0.05, 0.1) is 17.6 Å². The number of esters is 1. The van der Waals surface area contributed by atoms with Crippen LogP contribution < -0.4 is 4.90 Å². The molecule has 30 heavy (non-hydrogen) atoms. The number of anilines is 1. The van der Waals surface area contributed by atoms with Crippen LogP contribution in [0.5, 0.6) is 0 Å². The molecular weight excluding hydrogens is 380 g/mol. The normalized spacial score (nSPS) is 26.3. The Morgan fingerprint density at radius 3 is 2.60 bits per heavy atom. The topological polar surface area (TPSA) is 68.2 Å². The number of rotatable bonds is 5. The van der Waals surface area contributed by atoms with Crippen molar-refractivity contribution in [2.75, 3.05) is 32.2 Å². The molecule has 1 aromatic carbocycles. The van der Waals surface area contributed by atoms with Crippen LogP contribution in [0.15, 0.2) is 40.5 Å². The SMILES string of the molecule is CC1=C(C(=O)OC[C@@H]2CCCO2)[C@H](c2ccc(N(C)C)cc2)[C@@H]2C(=O)CCCC2=N1. The number of allylic oxidation sites excluding steroid dienone is 1. The van der Waals surface area contributed by atoms with Crippen molar-refractivity contribution in [3.8, 4) is 0 Å². The van der Waals surface area contributed by atoms with Gasteiger partial charge in [-0.2, -0.15) is 0 Å². The van der Waals surface area contributed by atoms with Crippen molar-refractivity contribution in [2.45, 2.75) is 51.0 Å². The zero-order chi connectivity index (χ0) is 21.3. The lowest BCUT2D eigenvalue weighted by Gasteiger charge is -2.35. The van der Waals surface area contributed by atoms with E-state index in [1.807, 2.05) is 50.2 Å². The van der Waals surface area contributed by atoms with E-state index in [9.17, 15) is 9.59 Å². The highest BCUT2D eigenvalue weighted by Crippen LogP contribution is 2.43. The van der Waals surface area contributed by atoms with Gasteiger partial charge >= 0.3 is 5.97 Å². The van der Waals surface area contributed by atoms with Gasteiger partial charge in [-0.1, -0.05) is 12.1 Å². The quantitative estimate of drug-likeness (QED) is 0.693. The van der Waals surface area contributed by atoms with Gasteiger partial charge in [0.2, 0.25) is 0 Å². The largest absolute Gasteiger partial charge is 0.460 e. The van der Waals surface area contributed by atoms with E-state index in [1.165, 1.54) is 0 Å². The Bertz CT molecular complexity index is 879. The maximum absolute atomic E-state index is 13.2. The minimum atomic E-state index is -0.383. The highest BCUT2D eigenvalue weighted by atomic mass is 16.6. The minimum Gasteiger partial charge on any atom is -0.460 e. The van der Waals surface area contributed by atoms with Crippen LogP contribution in [-0.2, 0) is 19.1 Å². The molecule has 0 bridgehead atoms. The summed E-state index contributed by atoms with van der Waals surface area (Å²) in [5, 5.41) is 0. The molecule has 0 amide bonds. The molecule has 6 nitrogen and oxygen atoms in total. The van der Waals surface area contributed by atoms with E-state index in [1.54, 1.807) is 0 Å². The van der Waals surface area contributed by atoms with E-state index >= 15 is 0 Å². The molecule has 6 heteroatoms. The summed E-state index contributed by atoms with van der Waals surface area (Å²) in [5.74, 6) is -0.944. The van der Waals surface area contributed by atoms with Crippen LogP contribution in [0, 0.1) is 5.92 Å². The van der Waals surface area contributed by atoms with Gasteiger partial charge < -0.3 is 14.4 Å². The molecule has 1 saturated carbocycles. The molecule has 0 N–H and O–H groups in total. The molecule has 1 aliphatic carbocycles. The molecule has 0 aromatic heterocycles. The predicted octanol–water partition coefficient (Wildman–Crippen LogP) is 3.66. The maximum Gasteiger partial charge on any atom is 0.336 e. The number of benzene rings is 1. The number of carbonyl (C=O) groups excluding carboxylic acids is 2. The van der Waals surface area contributed by atoms with Crippen LogP contribution in [0.2, 0.25) is 0 Å². The lowest BCUT2D eigenvalue weighted by atomic mass is 9.69. The van der Waals surface area contributed by atoms with Crippen LogP contribution in [0.25, 0.3) is 0 Å². The fourth-order valence-electron chi connectivity index (χ4n) is 4.75. The number of aliphatic imine (C=N–C) groups is 1. The molecule has 1 aromatic rings. The van der Waals surface area contributed by atoms with E-state index in [-0.39, 0.29) is 36.3 Å². The molecule has 0 unspecified atom stereocenters. The lowest BCUT2D eigenvalue weighted by molar-refractivity contribution is -0.142. The van der Waals surface area contributed by atoms with Crippen molar-refractivity contribution >= 4 is 23.2 Å². The molecule has 2 fully saturated rings. The van der Waals surface area contributed by atoms with Crippen molar-refractivity contribution < 1.29 is 19.1 Å². The molecule has 2 heterocycles. The standard InChI is InChI=1S/C24H30N2O4/c1-15-21(24(28)30-14-18-6-5-13-29-18)22(16-9-11-17(12-10-16)26(2)3)23-19(25-15)7-4-8-20(23)27/h9-12,18,22-23H,4-8,13-14H2,1-3H3/t18-,22-,23-/m0/s1. The molecular formula is C24H30N2O4. The van der Waals surface area contributed by atoms with E-state index < -0.39 is 0 Å². The first-order chi connectivity index (χ1) is 14.5. The van der Waals surface area contributed by atoms with Gasteiger partial charge in [0, 0.05) is 50.1 Å². The summed E-state index contributed by atoms with van der Waals surface area (Å²) in [4.78, 5) is 32.8. The van der Waals surface area contributed by atoms with Crippen molar-refractivity contribution in [3.05, 3.63) is 41.1 Å². The Labute approximate surface area is 177 Å². The molecule has 2 aliphatic heterocycles. The van der Waals surface area contributed by atoms with Gasteiger partial charge in [0.25, 0.3) is 0 Å². The highest BCUT2D eigenvalue weighted by molar-refractivity contribution is 6.11. The third-order valence-corrected chi connectivity index (χ3v) is 6.32. The van der Waals surface area contributed by atoms with E-state index in [0.29, 0.717) is 17.7 Å². The Balaban J connectivity index is 1.68. The van der Waals surface area contributed by atoms with E-state index in [2.05, 4.69) is 0 Å². The van der Waals surface area contributed by atoms with Crippen LogP contribution >= 0.6 is 0 Å². The Kier molecular flexibility index (Phi) is 6.04. The van der Waals surface area contributed by atoms with Gasteiger partial charge in [-0.3, -0.25) is 9.79 Å². The zero-order valence-corrected chi connectivity index (χ0v) is 18.0. The highest BCUT2D eigenvalue weighted by Gasteiger charge is 2.43. The number of ketones is 1. The van der Waals surface area contributed by atoms with Crippen LogP contribution in [0.3, 0.4) is 0 Å². The van der Waals surface area contributed by atoms with Crippen molar-refractivity contribution in [1.82, 2.24) is 0 Å². The number of hydrogen-bond acceptors (Lipinski definition) is 6. The molecule has 4 rings (SSSR count). The molecule has 3 atom stereocenters. The zero-order valence-electron chi connectivity index (χ0n) is 18.0. The van der Waals surface area contributed by atoms with Gasteiger partial charge in [0.1, 0.15) is 12.4 Å². The number of hydrogen-bond donors (Lipinski definition) is 0. The van der Waals surface area contributed by atoms with Crippen molar-refractivity contribution in [2.24, 2.45) is 10.9 Å². The first kappa shape index (κ1) is 20.8. The summed E-state index contributed by atoms with van der Waals surface area (Å²) in [6.07, 6.45) is 4.03. The Morgan fingerprint density at radius 2 is 1.93 bits per heavy atom. The number of carbonyl (C=O) groups is 2. The van der Waals surface area contributed by atoms with Crippen LogP contribution in [0.1, 0.15) is 50.5 Å². The second kappa shape index (κ2) is 8.72. The molecule has 160 valence electrons. The molecule has 3 aliphatic rings. The second-order valence-electron chi connectivity index (χ2n) is 8.60. The second-order valence-corrected chi connectivity index (χ2v) is 8.60. The lowest BCUT2D eigenvalue weighted by Crippen LogP contribution is -2.39. The number of Topliss-reactive ketones (excluding diaryl/α,β-unsaturated/α-hetero) is 1. The summed E-state index contributed by atoms with van der Waals surface area (Å²) in [6, 6.07) is 8.09. The smallest absolute Gasteiger partial charge is 0.336 e. The average Bonchev–Trinajstić information content (AvgIpc) is 3.25. The summed E-state index contributed by atoms with van der Waals surface area (Å²) < 4.78 is 11.2.